The van der Waals surface area contributed by atoms with Gasteiger partial charge in [0.15, 0.2) is 0 Å². The van der Waals surface area contributed by atoms with E-state index in [0.29, 0.717) is 5.69 Å². The highest BCUT2D eigenvalue weighted by molar-refractivity contribution is 9.10. The summed E-state index contributed by atoms with van der Waals surface area (Å²) >= 11 is 6.80. The molecule has 0 spiro atoms. The van der Waals surface area contributed by atoms with Crippen LogP contribution in [-0.4, -0.2) is 10.5 Å². The lowest BCUT2D eigenvalue weighted by Crippen LogP contribution is -2.16. The number of carbonyl (C=O) groups is 1. The summed E-state index contributed by atoms with van der Waals surface area (Å²) in [5.41, 5.74) is 1.44. The Morgan fingerprint density at radius 3 is 2.74 bits per heavy atom. The molecule has 1 amide bonds. The number of aryl methyl sites for hydroxylation is 1. The molecule has 0 aliphatic rings. The maximum absolute atomic E-state index is 12.3. The van der Waals surface area contributed by atoms with Crippen molar-refractivity contribution in [1.82, 2.24) is 4.57 Å². The van der Waals surface area contributed by atoms with Crippen LogP contribution in [0.15, 0.2) is 45.5 Å². The zero-order chi connectivity index (χ0) is 13.8. The van der Waals surface area contributed by atoms with E-state index in [-0.39, 0.29) is 5.91 Å². The molecule has 2 rings (SSSR count). The number of hydrogen-bond acceptors (Lipinski definition) is 1. The van der Waals surface area contributed by atoms with Crippen LogP contribution in [0.2, 0.25) is 0 Å². The average Bonchev–Trinajstić information content (AvgIpc) is 2.71. The van der Waals surface area contributed by atoms with Crippen LogP contribution in [0.25, 0.3) is 0 Å². The lowest BCUT2D eigenvalue weighted by Gasteiger charge is -2.08. The summed E-state index contributed by atoms with van der Waals surface area (Å²) in [6.07, 6.45) is 2.91. The van der Waals surface area contributed by atoms with Crippen molar-refractivity contribution in [3.8, 4) is 0 Å². The van der Waals surface area contributed by atoms with E-state index in [1.807, 2.05) is 41.1 Å². The van der Waals surface area contributed by atoms with Crippen molar-refractivity contribution in [3.63, 3.8) is 0 Å². The van der Waals surface area contributed by atoms with Gasteiger partial charge in [-0.05, 0) is 46.6 Å². The van der Waals surface area contributed by atoms with Crippen LogP contribution < -0.4 is 5.32 Å². The normalized spacial score (nSPS) is 10.5. The van der Waals surface area contributed by atoms with Crippen LogP contribution in [0.5, 0.6) is 0 Å². The minimum atomic E-state index is -0.0998. The number of aromatic nitrogens is 1. The second-order valence-corrected chi connectivity index (χ2v) is 6.03. The highest BCUT2D eigenvalue weighted by Crippen LogP contribution is 2.19. The van der Waals surface area contributed by atoms with Gasteiger partial charge in [-0.3, -0.25) is 4.79 Å². The molecule has 0 bridgehead atoms. The Morgan fingerprint density at radius 1 is 1.26 bits per heavy atom. The Kier molecular flexibility index (Phi) is 4.82. The number of carbonyl (C=O) groups excluding carboxylic acids is 1. The van der Waals surface area contributed by atoms with Gasteiger partial charge in [0.05, 0.1) is 0 Å². The molecule has 1 heterocycles. The van der Waals surface area contributed by atoms with Gasteiger partial charge in [0.1, 0.15) is 5.69 Å². The van der Waals surface area contributed by atoms with E-state index in [2.05, 4.69) is 44.1 Å². The Bertz CT molecular complexity index is 593. The molecule has 3 nitrogen and oxygen atoms in total. The lowest BCUT2D eigenvalue weighted by molar-refractivity contribution is 0.101. The summed E-state index contributed by atoms with van der Waals surface area (Å²) in [5.74, 6) is -0.0998. The van der Waals surface area contributed by atoms with Crippen molar-refractivity contribution < 1.29 is 4.79 Å². The van der Waals surface area contributed by atoms with Crippen molar-refractivity contribution in [2.75, 3.05) is 5.32 Å². The van der Waals surface area contributed by atoms with Crippen LogP contribution in [-0.2, 0) is 6.54 Å². The van der Waals surface area contributed by atoms with Crippen LogP contribution >= 0.6 is 31.9 Å². The zero-order valence-electron chi connectivity index (χ0n) is 10.5. The standard InChI is InChI=1S/C14H14Br2N2O/c1-2-6-18-9-11(16)8-13(18)14(19)17-12-5-3-4-10(15)7-12/h3-5,7-9H,2,6H2,1H3,(H,17,19). The number of halogens is 2. The Balaban J connectivity index is 2.20. The molecule has 100 valence electrons. The molecule has 1 N–H and O–H groups in total. The smallest absolute Gasteiger partial charge is 0.272 e. The lowest BCUT2D eigenvalue weighted by atomic mass is 10.3. The SMILES string of the molecule is CCCn1cc(Br)cc1C(=O)Nc1cccc(Br)c1. The monoisotopic (exact) mass is 384 g/mol. The Labute approximate surface area is 129 Å². The Hall–Kier alpha value is -1.07. The highest BCUT2D eigenvalue weighted by atomic mass is 79.9. The molecule has 0 aliphatic heterocycles. The summed E-state index contributed by atoms with van der Waals surface area (Å²) in [7, 11) is 0. The van der Waals surface area contributed by atoms with Crippen molar-refractivity contribution >= 4 is 43.5 Å². The first-order chi connectivity index (χ1) is 9.10. The van der Waals surface area contributed by atoms with Gasteiger partial charge in [0.2, 0.25) is 0 Å². The second-order valence-electron chi connectivity index (χ2n) is 4.20. The van der Waals surface area contributed by atoms with E-state index in [1.54, 1.807) is 0 Å². The number of anilines is 1. The fourth-order valence-electron chi connectivity index (χ4n) is 1.85. The van der Waals surface area contributed by atoms with Crippen LogP contribution in [0, 0.1) is 0 Å². The summed E-state index contributed by atoms with van der Waals surface area (Å²) in [4.78, 5) is 12.3. The van der Waals surface area contributed by atoms with E-state index < -0.39 is 0 Å². The molecule has 0 saturated carbocycles. The van der Waals surface area contributed by atoms with Gasteiger partial charge in [-0.15, -0.1) is 0 Å². The first-order valence-corrected chi connectivity index (χ1v) is 7.61. The first-order valence-electron chi connectivity index (χ1n) is 6.02. The molecule has 2 aromatic rings. The fraction of sp³-hybridized carbons (Fsp3) is 0.214. The molecule has 5 heteroatoms. The number of benzene rings is 1. The molecule has 1 aromatic carbocycles. The average molecular weight is 386 g/mol. The summed E-state index contributed by atoms with van der Waals surface area (Å²) in [6.45, 7) is 2.91. The number of nitrogens with zero attached hydrogens (tertiary/aromatic N) is 1. The maximum atomic E-state index is 12.3. The van der Waals surface area contributed by atoms with Crippen molar-refractivity contribution in [2.45, 2.75) is 19.9 Å². The van der Waals surface area contributed by atoms with Crippen LogP contribution in [0.4, 0.5) is 5.69 Å². The summed E-state index contributed by atoms with van der Waals surface area (Å²) in [5, 5.41) is 2.90. The molecule has 19 heavy (non-hydrogen) atoms. The second kappa shape index (κ2) is 6.39. The number of rotatable bonds is 4. The van der Waals surface area contributed by atoms with Crippen LogP contribution in [0.3, 0.4) is 0 Å². The van der Waals surface area contributed by atoms with Gasteiger partial charge < -0.3 is 9.88 Å². The third-order valence-corrected chi connectivity index (χ3v) is 3.57. The molecular formula is C14H14Br2N2O. The van der Waals surface area contributed by atoms with Crippen LogP contribution in [0.1, 0.15) is 23.8 Å². The zero-order valence-corrected chi connectivity index (χ0v) is 13.7. The van der Waals surface area contributed by atoms with Gasteiger partial charge in [0.25, 0.3) is 5.91 Å². The topological polar surface area (TPSA) is 34.0 Å². The third-order valence-electron chi connectivity index (χ3n) is 2.64. The van der Waals surface area contributed by atoms with E-state index in [0.717, 1.165) is 27.6 Å². The Morgan fingerprint density at radius 2 is 2.05 bits per heavy atom. The molecule has 0 fully saturated rings. The van der Waals surface area contributed by atoms with Gasteiger partial charge in [-0.25, -0.2) is 0 Å². The minimum Gasteiger partial charge on any atom is -0.342 e. The van der Waals surface area contributed by atoms with E-state index in [9.17, 15) is 4.79 Å². The molecule has 0 saturated heterocycles. The van der Waals surface area contributed by atoms with Gasteiger partial charge >= 0.3 is 0 Å². The maximum Gasteiger partial charge on any atom is 0.272 e. The molecule has 0 atom stereocenters. The number of hydrogen-bond donors (Lipinski definition) is 1. The highest BCUT2D eigenvalue weighted by Gasteiger charge is 2.12. The number of amides is 1. The third kappa shape index (κ3) is 3.70. The summed E-state index contributed by atoms with van der Waals surface area (Å²) < 4.78 is 3.81. The minimum absolute atomic E-state index is 0.0998. The molecule has 0 aliphatic carbocycles. The predicted molar refractivity (Wildman–Crippen MR) is 84.5 cm³/mol. The van der Waals surface area contributed by atoms with E-state index in [4.69, 9.17) is 0 Å². The van der Waals surface area contributed by atoms with Crippen molar-refractivity contribution in [1.29, 1.82) is 0 Å². The molecule has 1 aromatic heterocycles. The predicted octanol–water partition coefficient (Wildman–Crippen LogP) is 4.68. The quantitative estimate of drug-likeness (QED) is 0.814. The first kappa shape index (κ1) is 14.3. The van der Waals surface area contributed by atoms with Gasteiger partial charge in [0, 0.05) is 27.4 Å². The van der Waals surface area contributed by atoms with Crippen molar-refractivity contribution in [3.05, 3.63) is 51.2 Å². The van der Waals surface area contributed by atoms with Gasteiger partial charge in [-0.2, -0.15) is 0 Å². The molecule has 0 unspecified atom stereocenters. The van der Waals surface area contributed by atoms with Crippen molar-refractivity contribution in [2.24, 2.45) is 0 Å². The fourth-order valence-corrected chi connectivity index (χ4v) is 2.72. The molecular weight excluding hydrogens is 372 g/mol. The largest absolute Gasteiger partial charge is 0.342 e. The van der Waals surface area contributed by atoms with Gasteiger partial charge in [-0.1, -0.05) is 28.9 Å². The number of nitrogens with one attached hydrogen (secondary N) is 1. The van der Waals surface area contributed by atoms with E-state index in [1.165, 1.54) is 0 Å². The van der Waals surface area contributed by atoms with E-state index >= 15 is 0 Å². The molecule has 0 radical (unpaired) electrons. The summed E-state index contributed by atoms with van der Waals surface area (Å²) in [6, 6.07) is 9.39.